The second-order valence-corrected chi connectivity index (χ2v) is 26.7. The summed E-state index contributed by atoms with van der Waals surface area (Å²) in [6.07, 6.45) is 97.4. The Balaban J connectivity index is 4.04. The number of carbonyl (C=O) groups is 2. The van der Waals surface area contributed by atoms with E-state index in [-0.39, 0.29) is 32.0 Å². The number of hydrogen-bond acceptors (Lipinski definition) is 7. The number of hydrogen-bond donors (Lipinski definition) is 1. The van der Waals surface area contributed by atoms with Gasteiger partial charge in [0.25, 0.3) is 0 Å². The van der Waals surface area contributed by atoms with Crippen LogP contribution in [0, 0.1) is 0 Å². The molecule has 0 fully saturated rings. The van der Waals surface area contributed by atoms with Crippen molar-refractivity contribution < 1.29 is 42.1 Å². The normalized spacial score (nSPS) is 13.8. The Bertz CT molecular complexity index is 1900. The van der Waals surface area contributed by atoms with Crippen molar-refractivity contribution in [1.82, 2.24) is 0 Å². The maximum absolute atomic E-state index is 12.9. The number of likely N-dealkylation sites (N-methyl/N-ethyl adjacent to an activating group) is 1. The van der Waals surface area contributed by atoms with E-state index in [9.17, 15) is 19.0 Å². The lowest BCUT2D eigenvalue weighted by atomic mass is 10.0. The summed E-state index contributed by atoms with van der Waals surface area (Å²) >= 11 is 0. The lowest BCUT2D eigenvalue weighted by Crippen LogP contribution is -2.37. The van der Waals surface area contributed by atoms with Crippen LogP contribution in [-0.2, 0) is 32.7 Å². The van der Waals surface area contributed by atoms with Crippen LogP contribution >= 0.6 is 7.82 Å². The fourth-order valence-electron chi connectivity index (χ4n) is 9.95. The van der Waals surface area contributed by atoms with Crippen molar-refractivity contribution in [2.24, 2.45) is 0 Å². The average Bonchev–Trinajstić information content (AvgIpc) is 3.60. The molecule has 2 atom stereocenters. The van der Waals surface area contributed by atoms with Crippen molar-refractivity contribution in [1.29, 1.82) is 0 Å². The van der Waals surface area contributed by atoms with Crippen LogP contribution in [0.2, 0.25) is 0 Å². The van der Waals surface area contributed by atoms with Gasteiger partial charge in [-0.15, -0.1) is 0 Å². The Labute approximate surface area is 543 Å². The number of unbranched alkanes of at least 4 members (excludes halogenated alkanes) is 32. The van der Waals surface area contributed by atoms with Gasteiger partial charge < -0.3 is 18.9 Å². The molecule has 506 valence electrons. The number of esters is 2. The molecule has 1 N–H and O–H groups in total. The molecule has 0 saturated carbocycles. The lowest BCUT2D eigenvalue weighted by molar-refractivity contribution is -0.870. The average molecular weight is 1250 g/mol. The highest BCUT2D eigenvalue weighted by Gasteiger charge is 2.27. The number of phosphoric ester groups is 1. The minimum Gasteiger partial charge on any atom is -0.462 e. The number of allylic oxidation sites excluding steroid dienone is 20. The van der Waals surface area contributed by atoms with E-state index in [2.05, 4.69) is 135 Å². The van der Waals surface area contributed by atoms with E-state index < -0.39 is 26.5 Å². The highest BCUT2D eigenvalue weighted by atomic mass is 31.2. The molecule has 88 heavy (non-hydrogen) atoms. The third-order valence-electron chi connectivity index (χ3n) is 15.5. The zero-order valence-corrected chi connectivity index (χ0v) is 58.6. The molecule has 0 rings (SSSR count). The maximum atomic E-state index is 12.9. The summed E-state index contributed by atoms with van der Waals surface area (Å²) in [7, 11) is 1.46. The minimum atomic E-state index is -4.41. The first kappa shape index (κ1) is 84.4. The summed E-state index contributed by atoms with van der Waals surface area (Å²) in [6, 6.07) is 0. The van der Waals surface area contributed by atoms with Gasteiger partial charge in [0.05, 0.1) is 27.7 Å². The molecule has 0 aliphatic heterocycles. The van der Waals surface area contributed by atoms with Crippen molar-refractivity contribution in [2.75, 3.05) is 47.5 Å². The predicted octanol–water partition coefficient (Wildman–Crippen LogP) is 23.8. The van der Waals surface area contributed by atoms with Crippen LogP contribution in [0.25, 0.3) is 0 Å². The predicted molar refractivity (Wildman–Crippen MR) is 381 cm³/mol. The van der Waals surface area contributed by atoms with Gasteiger partial charge in [0.15, 0.2) is 6.10 Å². The number of nitrogens with zero attached hydrogens (tertiary/aromatic N) is 1. The molecule has 0 bridgehead atoms. The number of carbonyl (C=O) groups excluding carboxylic acids is 2. The molecule has 0 aliphatic carbocycles. The van der Waals surface area contributed by atoms with Gasteiger partial charge in [0.1, 0.15) is 19.8 Å². The molecule has 0 radical (unpaired) electrons. The van der Waals surface area contributed by atoms with Gasteiger partial charge in [0.2, 0.25) is 0 Å². The molecule has 0 saturated heterocycles. The van der Waals surface area contributed by atoms with E-state index >= 15 is 0 Å². The Morgan fingerprint density at radius 2 is 0.648 bits per heavy atom. The molecule has 10 heteroatoms. The van der Waals surface area contributed by atoms with Crippen LogP contribution in [0.5, 0.6) is 0 Å². The van der Waals surface area contributed by atoms with Gasteiger partial charge in [0, 0.05) is 12.8 Å². The molecule has 2 unspecified atom stereocenters. The van der Waals surface area contributed by atoms with Gasteiger partial charge in [-0.2, -0.15) is 0 Å². The van der Waals surface area contributed by atoms with Crippen LogP contribution in [-0.4, -0.2) is 74.9 Å². The second-order valence-electron chi connectivity index (χ2n) is 25.2. The van der Waals surface area contributed by atoms with Gasteiger partial charge in [-0.05, 0) is 109 Å². The molecule has 0 aromatic heterocycles. The first-order valence-corrected chi connectivity index (χ1v) is 37.8. The molecular formula is C78H137NO8P+. The monoisotopic (exact) mass is 1250 g/mol. The van der Waals surface area contributed by atoms with Crippen molar-refractivity contribution in [3.05, 3.63) is 122 Å². The van der Waals surface area contributed by atoms with Crippen LogP contribution in [0.15, 0.2) is 122 Å². The van der Waals surface area contributed by atoms with E-state index in [1.54, 1.807) is 0 Å². The summed E-state index contributed by atoms with van der Waals surface area (Å²) in [5.41, 5.74) is 0. The van der Waals surface area contributed by atoms with Gasteiger partial charge in [-0.3, -0.25) is 18.6 Å². The van der Waals surface area contributed by atoms with Crippen LogP contribution < -0.4 is 0 Å². The van der Waals surface area contributed by atoms with Crippen LogP contribution in [0.4, 0.5) is 0 Å². The highest BCUT2D eigenvalue weighted by Crippen LogP contribution is 2.43. The number of phosphoric acid groups is 1. The minimum absolute atomic E-state index is 0.0227. The molecule has 0 heterocycles. The third-order valence-corrected chi connectivity index (χ3v) is 16.5. The molecule has 0 spiro atoms. The maximum Gasteiger partial charge on any atom is 0.472 e. The zero-order chi connectivity index (χ0) is 64.1. The number of quaternary nitrogens is 1. The third kappa shape index (κ3) is 71.5. The first-order valence-electron chi connectivity index (χ1n) is 36.3. The first-order chi connectivity index (χ1) is 43.0. The fraction of sp³-hybridized carbons (Fsp3) is 0.718. The van der Waals surface area contributed by atoms with Crippen molar-refractivity contribution in [2.45, 2.75) is 315 Å². The Kier molecular flexibility index (Phi) is 65.0. The Morgan fingerprint density at radius 1 is 0.364 bits per heavy atom. The summed E-state index contributed by atoms with van der Waals surface area (Å²) < 4.78 is 34.7. The quantitative estimate of drug-likeness (QED) is 0.0211. The topological polar surface area (TPSA) is 108 Å². The molecule has 9 nitrogen and oxygen atoms in total. The van der Waals surface area contributed by atoms with E-state index in [4.69, 9.17) is 18.5 Å². The van der Waals surface area contributed by atoms with Gasteiger partial charge in [-0.25, -0.2) is 4.57 Å². The second kappa shape index (κ2) is 67.8. The standard InChI is InChI=1S/C78H136NO8P/c1-6-8-10-12-14-16-18-20-22-24-26-28-30-32-34-35-36-37-38-39-40-41-42-43-45-46-48-50-52-54-56-58-60-62-64-66-68-70-77(80)84-74-76(75-86-88(82,83)85-73-72-79(3,4)5)87-78(81)71-69-67-65-63-61-59-57-55-53-51-49-47-44-33-31-29-27-25-23-21-19-17-15-13-11-9-7-2/h9,11,15,17-18,20-21,23-24,26-27,29-30,32-33,44,49,51,55,57,76H,6-8,10,12-14,16,19,22,25,28,31,34-43,45-48,50,52-54,56,58-75H2,1-5H3/p+1/b11-9-,17-15-,20-18-,23-21-,26-24-,29-27-,32-30-,44-33-,51-49-,57-55-. The summed E-state index contributed by atoms with van der Waals surface area (Å²) in [4.78, 5) is 35.9. The molecular weight excluding hydrogens is 1110 g/mol. The van der Waals surface area contributed by atoms with Crippen LogP contribution in [0.3, 0.4) is 0 Å². The smallest absolute Gasteiger partial charge is 0.462 e. The zero-order valence-electron chi connectivity index (χ0n) is 57.7. The number of rotatable bonds is 66. The van der Waals surface area contributed by atoms with Crippen molar-refractivity contribution in [3.8, 4) is 0 Å². The van der Waals surface area contributed by atoms with Gasteiger partial charge in [-0.1, -0.05) is 309 Å². The SMILES string of the molecule is CC/C=C\C/C=C\C/C=C\C/C=C\C/C=C\C/C=C\C/C=C\CCCCCCCC(=O)OC(COC(=O)CCCCCCCCCCCCCCCCCCCCCCCC/C=C\C/C=C\C/C=C\CCCCCCC)COP(=O)(O)OCC[N+](C)(C)C. The van der Waals surface area contributed by atoms with E-state index in [0.29, 0.717) is 17.4 Å². The van der Waals surface area contributed by atoms with E-state index in [0.717, 1.165) is 109 Å². The van der Waals surface area contributed by atoms with E-state index in [1.807, 2.05) is 21.1 Å². The van der Waals surface area contributed by atoms with Gasteiger partial charge >= 0.3 is 19.8 Å². The molecule has 0 aromatic rings. The van der Waals surface area contributed by atoms with Crippen LogP contribution in [0.1, 0.15) is 309 Å². The lowest BCUT2D eigenvalue weighted by Gasteiger charge is -2.24. The van der Waals surface area contributed by atoms with Crippen molar-refractivity contribution in [3.63, 3.8) is 0 Å². The largest absolute Gasteiger partial charge is 0.472 e. The van der Waals surface area contributed by atoms with E-state index in [1.165, 1.54) is 167 Å². The molecule has 0 aromatic carbocycles. The number of ether oxygens (including phenoxy) is 2. The van der Waals surface area contributed by atoms with Crippen molar-refractivity contribution >= 4 is 19.8 Å². The molecule has 0 aliphatic rings. The summed E-state index contributed by atoms with van der Waals surface area (Å²) in [6.45, 7) is 4.30. The fourth-order valence-corrected chi connectivity index (χ4v) is 10.7. The molecule has 0 amide bonds. The summed E-state index contributed by atoms with van der Waals surface area (Å²) in [5.74, 6) is -0.816. The summed E-state index contributed by atoms with van der Waals surface area (Å²) in [5, 5.41) is 0. The Hall–Kier alpha value is -3.59. The highest BCUT2D eigenvalue weighted by molar-refractivity contribution is 7.47. The Morgan fingerprint density at radius 3 is 0.966 bits per heavy atom.